The second-order valence-electron chi connectivity index (χ2n) is 11.0. The van der Waals surface area contributed by atoms with Crippen molar-refractivity contribution >= 4 is 54.9 Å². The van der Waals surface area contributed by atoms with Gasteiger partial charge in [-0.15, -0.1) is 0 Å². The van der Waals surface area contributed by atoms with Crippen molar-refractivity contribution in [3.8, 4) is 11.1 Å². The molecule has 2 aromatic heterocycles. The van der Waals surface area contributed by atoms with Gasteiger partial charge < -0.3 is 20.6 Å². The van der Waals surface area contributed by atoms with Gasteiger partial charge in [-0.25, -0.2) is 12.7 Å². The van der Waals surface area contributed by atoms with Gasteiger partial charge in [0.25, 0.3) is 0 Å². The van der Waals surface area contributed by atoms with Crippen LogP contribution in [0.3, 0.4) is 0 Å². The maximum absolute atomic E-state index is 12.8. The van der Waals surface area contributed by atoms with E-state index in [4.69, 9.17) is 18.0 Å². The van der Waals surface area contributed by atoms with Gasteiger partial charge in [0.1, 0.15) is 4.99 Å². The number of fused-ring (bicyclic) bond motifs is 2. The molecule has 0 saturated carbocycles. The Kier molecular flexibility index (Phi) is 7.61. The van der Waals surface area contributed by atoms with Gasteiger partial charge in [-0.1, -0.05) is 60.7 Å². The lowest BCUT2D eigenvalue weighted by Gasteiger charge is -2.31. The first-order valence-corrected chi connectivity index (χ1v) is 16.2. The summed E-state index contributed by atoms with van der Waals surface area (Å²) in [5.41, 5.74) is 12.7. The molecule has 42 heavy (non-hydrogen) atoms. The first kappa shape index (κ1) is 28.1. The molecule has 4 N–H and O–H groups in total. The summed E-state index contributed by atoms with van der Waals surface area (Å²) < 4.78 is 28.0. The van der Waals surface area contributed by atoms with E-state index in [2.05, 4.69) is 33.2 Å². The van der Waals surface area contributed by atoms with E-state index in [1.807, 2.05) is 60.7 Å². The van der Waals surface area contributed by atoms with Gasteiger partial charge in [-0.05, 0) is 53.6 Å². The summed E-state index contributed by atoms with van der Waals surface area (Å²) in [4.78, 5) is 16.5. The summed E-state index contributed by atoms with van der Waals surface area (Å²) in [5, 5.41) is 5.23. The maximum Gasteiger partial charge on any atom is 0.226 e. The third kappa shape index (κ3) is 5.83. The van der Waals surface area contributed by atoms with E-state index in [-0.39, 0.29) is 18.4 Å². The molecule has 8 nitrogen and oxygen atoms in total. The summed E-state index contributed by atoms with van der Waals surface area (Å²) in [6, 6.07) is 24.3. The predicted molar refractivity (Wildman–Crippen MR) is 172 cm³/mol. The van der Waals surface area contributed by atoms with Gasteiger partial charge in [-0.3, -0.25) is 4.79 Å². The molecule has 1 saturated heterocycles. The fourth-order valence-corrected chi connectivity index (χ4v) is 6.90. The Morgan fingerprint density at radius 2 is 1.83 bits per heavy atom. The molecule has 0 atom stereocenters. The molecule has 0 bridgehead atoms. The van der Waals surface area contributed by atoms with E-state index in [9.17, 15) is 13.2 Å². The lowest BCUT2D eigenvalue weighted by molar-refractivity contribution is -0.120. The molecule has 10 heteroatoms. The minimum Gasteiger partial charge on any atom is -0.389 e. The molecule has 0 spiro atoms. The van der Waals surface area contributed by atoms with Crippen LogP contribution in [0.15, 0.2) is 79.0 Å². The van der Waals surface area contributed by atoms with Gasteiger partial charge in [0.2, 0.25) is 15.9 Å². The highest BCUT2D eigenvalue weighted by atomic mass is 32.2. The number of rotatable bonds is 8. The van der Waals surface area contributed by atoms with E-state index in [1.165, 1.54) is 6.26 Å². The molecule has 0 aliphatic carbocycles. The Hall–Kier alpha value is -3.99. The number of hydrogen-bond donors (Lipinski definition) is 3. The number of aromatic amines is 1. The number of para-hydroxylation sites is 1. The summed E-state index contributed by atoms with van der Waals surface area (Å²) in [6.07, 6.45) is 5.13. The summed E-state index contributed by atoms with van der Waals surface area (Å²) in [6.45, 7) is 1.37. The quantitative estimate of drug-likeness (QED) is 0.220. The van der Waals surface area contributed by atoms with E-state index in [0.717, 1.165) is 49.8 Å². The number of H-pyrrole nitrogens is 1. The Morgan fingerprint density at radius 3 is 2.57 bits per heavy atom. The van der Waals surface area contributed by atoms with Gasteiger partial charge in [-0.2, -0.15) is 0 Å². The fourth-order valence-electron chi connectivity index (χ4n) is 5.90. The first-order valence-electron chi connectivity index (χ1n) is 14.0. The topological polar surface area (TPSA) is 113 Å². The van der Waals surface area contributed by atoms with Crippen LogP contribution in [-0.2, 0) is 27.8 Å². The Labute approximate surface area is 250 Å². The van der Waals surface area contributed by atoms with Gasteiger partial charge in [0.05, 0.1) is 12.7 Å². The Bertz CT molecular complexity index is 1880. The van der Waals surface area contributed by atoms with E-state index in [1.54, 1.807) is 4.31 Å². The third-order valence-corrected chi connectivity index (χ3v) is 9.61. The lowest BCUT2D eigenvalue weighted by Crippen LogP contribution is -2.38. The highest BCUT2D eigenvalue weighted by Crippen LogP contribution is 2.36. The van der Waals surface area contributed by atoms with Crippen molar-refractivity contribution in [1.82, 2.24) is 19.2 Å². The maximum atomic E-state index is 12.8. The molecule has 1 aliphatic rings. The number of benzene rings is 3. The van der Waals surface area contributed by atoms with Crippen molar-refractivity contribution in [2.24, 2.45) is 5.73 Å². The molecule has 0 radical (unpaired) electrons. The summed E-state index contributed by atoms with van der Waals surface area (Å²) in [7, 11) is -3.22. The number of sulfonamides is 1. The molecule has 3 heterocycles. The number of aromatic nitrogens is 2. The largest absolute Gasteiger partial charge is 0.389 e. The molecule has 1 amide bonds. The molecular weight excluding hydrogens is 567 g/mol. The number of carbonyl (C=O) groups excluding carboxylic acids is 1. The Balaban J connectivity index is 1.28. The van der Waals surface area contributed by atoms with Crippen LogP contribution in [0.2, 0.25) is 0 Å². The average molecular weight is 600 g/mol. The van der Waals surface area contributed by atoms with E-state index in [0.29, 0.717) is 37.5 Å². The van der Waals surface area contributed by atoms with Gasteiger partial charge in [0.15, 0.2) is 0 Å². The van der Waals surface area contributed by atoms with Crippen LogP contribution < -0.4 is 11.1 Å². The van der Waals surface area contributed by atoms with Crippen LogP contribution in [-0.4, -0.2) is 52.5 Å². The van der Waals surface area contributed by atoms with Gasteiger partial charge in [0, 0.05) is 65.1 Å². The number of amides is 1. The predicted octanol–water partition coefficient (Wildman–Crippen LogP) is 4.88. The SMILES string of the molecule is CS(=O)(=O)N1CCC(n2cc(-c3cccc(C(N)=S)c3)c3ccc(CNC(=O)Cc4cc5ccccc5[nH]4)cc32)CC1. The second-order valence-corrected chi connectivity index (χ2v) is 13.4. The van der Waals surface area contributed by atoms with Crippen LogP contribution in [0.1, 0.15) is 35.7 Å². The van der Waals surface area contributed by atoms with Crippen molar-refractivity contribution in [1.29, 1.82) is 0 Å². The minimum atomic E-state index is -3.22. The number of nitrogens with one attached hydrogen (secondary N) is 2. The zero-order chi connectivity index (χ0) is 29.4. The molecular formula is C32H33N5O3S2. The highest BCUT2D eigenvalue weighted by Gasteiger charge is 2.27. The number of piperidine rings is 1. The van der Waals surface area contributed by atoms with Crippen LogP contribution in [0, 0.1) is 0 Å². The minimum absolute atomic E-state index is 0.0551. The molecule has 6 rings (SSSR count). The zero-order valence-electron chi connectivity index (χ0n) is 23.3. The molecule has 216 valence electrons. The van der Waals surface area contributed by atoms with Crippen molar-refractivity contribution in [2.45, 2.75) is 31.8 Å². The smallest absolute Gasteiger partial charge is 0.226 e. The molecule has 1 fully saturated rings. The number of hydrogen-bond acceptors (Lipinski definition) is 4. The number of carbonyl (C=O) groups is 1. The second kappa shape index (κ2) is 11.4. The van der Waals surface area contributed by atoms with Crippen LogP contribution >= 0.6 is 12.2 Å². The molecule has 5 aromatic rings. The standard InChI is InChI=1S/C32H33N5O3S2/c1-42(39,40)36-13-11-26(12-14-36)37-20-28(22-6-4-7-24(16-22)32(33)41)27-10-9-21(15-30(27)37)19-34-31(38)18-25-17-23-5-2-3-8-29(23)35-25/h2-10,15-17,20,26,35H,11-14,18-19H2,1H3,(H2,33,41)(H,34,38). The van der Waals surface area contributed by atoms with Crippen LogP contribution in [0.5, 0.6) is 0 Å². The van der Waals surface area contributed by atoms with E-state index >= 15 is 0 Å². The molecule has 0 unspecified atom stereocenters. The normalized spacial score (nSPS) is 14.9. The van der Waals surface area contributed by atoms with Crippen LogP contribution in [0.4, 0.5) is 0 Å². The van der Waals surface area contributed by atoms with E-state index < -0.39 is 10.0 Å². The van der Waals surface area contributed by atoms with Gasteiger partial charge >= 0.3 is 0 Å². The molecule has 1 aliphatic heterocycles. The number of nitrogens with two attached hydrogens (primary N) is 1. The number of nitrogens with zero attached hydrogens (tertiary/aromatic N) is 2. The van der Waals surface area contributed by atoms with Crippen molar-refractivity contribution in [2.75, 3.05) is 19.3 Å². The highest BCUT2D eigenvalue weighted by molar-refractivity contribution is 7.88. The number of thiocarbonyl (C=S) groups is 1. The monoisotopic (exact) mass is 599 g/mol. The van der Waals surface area contributed by atoms with Crippen molar-refractivity contribution in [3.05, 3.63) is 95.8 Å². The zero-order valence-corrected chi connectivity index (χ0v) is 25.0. The summed E-state index contributed by atoms with van der Waals surface area (Å²) >= 11 is 5.22. The summed E-state index contributed by atoms with van der Waals surface area (Å²) in [5.74, 6) is -0.0551. The van der Waals surface area contributed by atoms with Crippen LogP contribution in [0.25, 0.3) is 32.9 Å². The average Bonchev–Trinajstić information content (AvgIpc) is 3.56. The third-order valence-electron chi connectivity index (χ3n) is 8.07. The fraction of sp³-hybridized carbons (Fsp3) is 0.250. The van der Waals surface area contributed by atoms with Crippen molar-refractivity contribution in [3.63, 3.8) is 0 Å². The van der Waals surface area contributed by atoms with Crippen molar-refractivity contribution < 1.29 is 13.2 Å². The first-order chi connectivity index (χ1) is 20.2. The molecule has 3 aromatic carbocycles. The Morgan fingerprint density at radius 1 is 1.05 bits per heavy atom. The lowest BCUT2D eigenvalue weighted by atomic mass is 10.0.